The summed E-state index contributed by atoms with van der Waals surface area (Å²) in [5.41, 5.74) is 0.653. The number of fused-ring (bicyclic) bond motifs is 4. The molecule has 13 unspecified atom stereocenters. The van der Waals surface area contributed by atoms with E-state index in [2.05, 4.69) is 32.6 Å². The molecule has 3 aliphatic heterocycles. The molecular formula is C40H67NO6. The Morgan fingerprint density at radius 1 is 0.936 bits per heavy atom. The zero-order valence-corrected chi connectivity index (χ0v) is 30.8. The first kappa shape index (κ1) is 33.8. The molecule has 0 radical (unpaired) electrons. The minimum atomic E-state index is -0.909. The number of rotatable bonds is 7. The van der Waals surface area contributed by atoms with Gasteiger partial charge in [0.2, 0.25) is 0 Å². The van der Waals surface area contributed by atoms with Crippen LogP contribution in [0.2, 0.25) is 0 Å². The van der Waals surface area contributed by atoms with Gasteiger partial charge in [-0.15, -0.1) is 0 Å². The summed E-state index contributed by atoms with van der Waals surface area (Å²) < 4.78 is 32.2. The molecule has 0 aromatic rings. The smallest absolute Gasteiger partial charge is 0.170 e. The first-order chi connectivity index (χ1) is 22.3. The quantitative estimate of drug-likeness (QED) is 0.322. The summed E-state index contributed by atoms with van der Waals surface area (Å²) in [6.07, 6.45) is 14.1. The fourth-order valence-electron chi connectivity index (χ4n) is 14.5. The molecule has 8 rings (SSSR count). The molecule has 3 saturated heterocycles. The minimum Gasteiger partial charge on any atom is -0.388 e. The first-order valence-electron chi connectivity index (χ1n) is 19.9. The second-order valence-corrected chi connectivity index (χ2v) is 19.2. The first-order valence-corrected chi connectivity index (χ1v) is 19.9. The monoisotopic (exact) mass is 657 g/mol. The van der Waals surface area contributed by atoms with Gasteiger partial charge in [-0.2, -0.15) is 0 Å². The fourth-order valence-corrected chi connectivity index (χ4v) is 14.5. The van der Waals surface area contributed by atoms with E-state index in [0.717, 1.165) is 69.9 Å². The van der Waals surface area contributed by atoms with Crippen LogP contribution in [0.3, 0.4) is 0 Å². The van der Waals surface area contributed by atoms with Crippen LogP contribution in [0, 0.1) is 51.2 Å². The van der Waals surface area contributed by atoms with Crippen molar-refractivity contribution in [1.82, 2.24) is 4.90 Å². The van der Waals surface area contributed by atoms with Crippen LogP contribution in [-0.4, -0.2) is 91.9 Å². The van der Waals surface area contributed by atoms with Crippen LogP contribution in [0.1, 0.15) is 119 Å². The summed E-state index contributed by atoms with van der Waals surface area (Å²) in [4.78, 5) is 2.63. The molecule has 1 N–H and O–H groups in total. The average Bonchev–Trinajstić information content (AvgIpc) is 3.60. The minimum absolute atomic E-state index is 0.0279. The fraction of sp³-hybridized carbons (Fsp3) is 1.00. The standard InChI is InChI=1S/C40H67NO6/c1-8-44-35(37(5,6)42)30-21-25(2)34-29(46-30)22-28-27-9-10-31-36(3,4)32(11-14-40(31)24-39(27,40)16-15-38(28,34)7)47-33-23-41(17-20-45-33)26-12-18-43-19-13-26/h25-35,42H,8-24H2,1-7H3. The van der Waals surface area contributed by atoms with Crippen molar-refractivity contribution in [3.05, 3.63) is 0 Å². The van der Waals surface area contributed by atoms with Gasteiger partial charge in [-0.25, -0.2) is 0 Å². The molecule has 47 heavy (non-hydrogen) atoms. The Balaban J connectivity index is 0.966. The Morgan fingerprint density at radius 3 is 2.47 bits per heavy atom. The van der Waals surface area contributed by atoms with E-state index in [1.165, 1.54) is 51.4 Å². The lowest BCUT2D eigenvalue weighted by Crippen LogP contribution is -2.57. The molecule has 5 saturated carbocycles. The molecule has 0 aromatic carbocycles. The van der Waals surface area contributed by atoms with Gasteiger partial charge in [-0.3, -0.25) is 4.90 Å². The van der Waals surface area contributed by atoms with E-state index in [1.807, 2.05) is 20.8 Å². The van der Waals surface area contributed by atoms with Gasteiger partial charge in [0, 0.05) is 39.0 Å². The third-order valence-corrected chi connectivity index (χ3v) is 16.3. The molecule has 5 aliphatic carbocycles. The number of hydrogen-bond donors (Lipinski definition) is 1. The summed E-state index contributed by atoms with van der Waals surface area (Å²) in [5.74, 6) is 3.54. The lowest BCUT2D eigenvalue weighted by Gasteiger charge is -2.60. The van der Waals surface area contributed by atoms with Crippen LogP contribution >= 0.6 is 0 Å². The van der Waals surface area contributed by atoms with Crippen LogP contribution in [0.4, 0.5) is 0 Å². The van der Waals surface area contributed by atoms with Crippen LogP contribution in [-0.2, 0) is 23.7 Å². The Kier molecular flexibility index (Phi) is 8.56. The van der Waals surface area contributed by atoms with E-state index < -0.39 is 5.60 Å². The molecule has 0 bridgehead atoms. The van der Waals surface area contributed by atoms with Gasteiger partial charge in [0.15, 0.2) is 6.29 Å². The average molecular weight is 658 g/mol. The van der Waals surface area contributed by atoms with E-state index in [9.17, 15) is 5.11 Å². The zero-order valence-electron chi connectivity index (χ0n) is 30.8. The molecule has 3 heterocycles. The van der Waals surface area contributed by atoms with Crippen molar-refractivity contribution < 1.29 is 28.8 Å². The Bertz CT molecular complexity index is 1150. The Morgan fingerprint density at radius 2 is 1.72 bits per heavy atom. The van der Waals surface area contributed by atoms with E-state index in [0.29, 0.717) is 46.8 Å². The SMILES string of the molecule is CCOC(C1CC(C)C2C(CC3C4CCC5C(C)(C)C(OC6CN(C7CCOCC7)CCO6)CCC56CC46CCC32C)O1)C(C)(C)O. The second kappa shape index (κ2) is 11.9. The van der Waals surface area contributed by atoms with Crippen molar-refractivity contribution in [3.8, 4) is 0 Å². The summed E-state index contributed by atoms with van der Waals surface area (Å²) in [7, 11) is 0. The largest absolute Gasteiger partial charge is 0.388 e. The number of ether oxygens (including phenoxy) is 5. The van der Waals surface area contributed by atoms with Crippen molar-refractivity contribution in [2.75, 3.05) is 39.5 Å². The van der Waals surface area contributed by atoms with Crippen LogP contribution in [0.15, 0.2) is 0 Å². The van der Waals surface area contributed by atoms with Crippen LogP contribution in [0.5, 0.6) is 0 Å². The van der Waals surface area contributed by atoms with Gasteiger partial charge in [0.05, 0.1) is 30.5 Å². The predicted octanol–water partition coefficient (Wildman–Crippen LogP) is 6.84. The maximum atomic E-state index is 11.0. The Hall–Kier alpha value is -0.280. The van der Waals surface area contributed by atoms with Gasteiger partial charge >= 0.3 is 0 Å². The molecular weight excluding hydrogens is 590 g/mol. The third-order valence-electron chi connectivity index (χ3n) is 16.3. The second-order valence-electron chi connectivity index (χ2n) is 19.2. The van der Waals surface area contributed by atoms with Crippen LogP contribution < -0.4 is 0 Å². The highest BCUT2D eigenvalue weighted by Gasteiger charge is 2.81. The van der Waals surface area contributed by atoms with Crippen molar-refractivity contribution in [1.29, 1.82) is 0 Å². The third kappa shape index (κ3) is 5.19. The molecule has 2 spiro atoms. The molecule has 7 nitrogen and oxygen atoms in total. The topological polar surface area (TPSA) is 69.6 Å². The van der Waals surface area contributed by atoms with Crippen molar-refractivity contribution in [3.63, 3.8) is 0 Å². The van der Waals surface area contributed by atoms with Gasteiger partial charge in [-0.05, 0) is 143 Å². The van der Waals surface area contributed by atoms with Gasteiger partial charge in [0.1, 0.15) is 6.10 Å². The molecule has 7 heteroatoms. The lowest BCUT2D eigenvalue weighted by molar-refractivity contribution is -0.249. The van der Waals surface area contributed by atoms with E-state index in [-0.39, 0.29) is 30.0 Å². The van der Waals surface area contributed by atoms with Crippen molar-refractivity contribution in [2.45, 2.75) is 161 Å². The predicted molar refractivity (Wildman–Crippen MR) is 182 cm³/mol. The molecule has 13 atom stereocenters. The normalized spacial score (nSPS) is 50.4. The van der Waals surface area contributed by atoms with Gasteiger partial charge in [-0.1, -0.05) is 27.7 Å². The van der Waals surface area contributed by atoms with Gasteiger partial charge < -0.3 is 28.8 Å². The molecule has 268 valence electrons. The van der Waals surface area contributed by atoms with Crippen molar-refractivity contribution in [2.24, 2.45) is 51.2 Å². The Labute approximate surface area is 285 Å². The highest BCUT2D eigenvalue weighted by atomic mass is 16.7. The number of morpholine rings is 1. The zero-order chi connectivity index (χ0) is 33.0. The lowest BCUT2D eigenvalue weighted by atomic mass is 9.46. The van der Waals surface area contributed by atoms with Crippen molar-refractivity contribution >= 4 is 0 Å². The van der Waals surface area contributed by atoms with E-state index in [4.69, 9.17) is 23.7 Å². The van der Waals surface area contributed by atoms with E-state index >= 15 is 0 Å². The molecule has 0 amide bonds. The summed E-state index contributed by atoms with van der Waals surface area (Å²) in [5, 5.41) is 11.0. The number of hydrogen-bond acceptors (Lipinski definition) is 7. The summed E-state index contributed by atoms with van der Waals surface area (Å²) >= 11 is 0. The van der Waals surface area contributed by atoms with E-state index in [1.54, 1.807) is 0 Å². The molecule has 8 fully saturated rings. The maximum Gasteiger partial charge on any atom is 0.170 e. The molecule has 8 aliphatic rings. The highest BCUT2D eigenvalue weighted by Crippen LogP contribution is 2.87. The highest BCUT2D eigenvalue weighted by molar-refractivity contribution is 5.29. The summed E-state index contributed by atoms with van der Waals surface area (Å²) in [6, 6.07) is 0.617. The number of nitrogens with zero attached hydrogens (tertiary/aromatic N) is 1. The molecule has 0 aromatic heterocycles. The maximum absolute atomic E-state index is 11.0. The van der Waals surface area contributed by atoms with Gasteiger partial charge in [0.25, 0.3) is 0 Å². The summed E-state index contributed by atoms with van der Waals surface area (Å²) in [6.45, 7) is 21.2. The number of aliphatic hydroxyl groups is 1. The van der Waals surface area contributed by atoms with Crippen LogP contribution in [0.25, 0.3) is 0 Å².